The van der Waals surface area contributed by atoms with E-state index in [1.165, 1.54) is 0 Å². The molecule has 1 fully saturated rings. The van der Waals surface area contributed by atoms with E-state index in [4.69, 9.17) is 9.84 Å². The second-order valence-electron chi connectivity index (χ2n) is 6.89. The fourth-order valence-electron chi connectivity index (χ4n) is 2.92. The van der Waals surface area contributed by atoms with Crippen LogP contribution < -0.4 is 10.1 Å². The molecule has 0 radical (unpaired) electrons. The molecule has 1 unspecified atom stereocenters. The maximum atomic E-state index is 12.3. The summed E-state index contributed by atoms with van der Waals surface area (Å²) < 4.78 is 5.16. The monoisotopic (exact) mass is 334 g/mol. The number of hydrogen-bond acceptors (Lipinski definition) is 3. The summed E-state index contributed by atoms with van der Waals surface area (Å²) in [5.41, 5.74) is 0.870. The number of amides is 2. The molecular formula is C18H26N2O4. The Labute approximate surface area is 142 Å². The van der Waals surface area contributed by atoms with Gasteiger partial charge in [0.2, 0.25) is 0 Å². The number of nitrogens with one attached hydrogen (secondary N) is 1. The number of rotatable bonds is 5. The number of piperidine rings is 1. The van der Waals surface area contributed by atoms with Gasteiger partial charge in [0.05, 0.1) is 13.0 Å². The van der Waals surface area contributed by atoms with Crippen LogP contribution >= 0.6 is 0 Å². The normalized spacial score (nSPS) is 18.1. The average Bonchev–Trinajstić information content (AvgIpc) is 2.60. The molecule has 0 aromatic heterocycles. The number of benzene rings is 1. The van der Waals surface area contributed by atoms with Gasteiger partial charge in [0.25, 0.3) is 0 Å². The summed E-state index contributed by atoms with van der Waals surface area (Å²) in [6.07, 6.45) is 1.36. The van der Waals surface area contributed by atoms with Gasteiger partial charge < -0.3 is 20.1 Å². The van der Waals surface area contributed by atoms with Crippen LogP contribution in [0.1, 0.15) is 32.3 Å². The summed E-state index contributed by atoms with van der Waals surface area (Å²) in [6.45, 7) is 5.49. The Balaban J connectivity index is 1.92. The highest BCUT2D eigenvalue weighted by molar-refractivity contribution is 5.76. The van der Waals surface area contributed by atoms with Crippen molar-refractivity contribution in [3.8, 4) is 5.75 Å². The number of hydrogen-bond donors (Lipinski definition) is 2. The van der Waals surface area contributed by atoms with E-state index < -0.39 is 11.9 Å². The van der Waals surface area contributed by atoms with Gasteiger partial charge in [0.1, 0.15) is 5.75 Å². The lowest BCUT2D eigenvalue weighted by molar-refractivity contribution is -0.143. The minimum atomic E-state index is -0.828. The third-order valence-corrected chi connectivity index (χ3v) is 4.61. The van der Waals surface area contributed by atoms with Crippen LogP contribution in [0.2, 0.25) is 0 Å². The predicted molar refractivity (Wildman–Crippen MR) is 91.4 cm³/mol. The lowest BCUT2D eigenvalue weighted by atomic mass is 9.84. The van der Waals surface area contributed by atoms with Gasteiger partial charge in [-0.1, -0.05) is 26.0 Å². The smallest absolute Gasteiger partial charge is 0.317 e. The van der Waals surface area contributed by atoms with Crippen LogP contribution in [0.4, 0.5) is 4.79 Å². The van der Waals surface area contributed by atoms with E-state index in [-0.39, 0.29) is 18.0 Å². The maximum Gasteiger partial charge on any atom is 0.317 e. The van der Waals surface area contributed by atoms with E-state index in [9.17, 15) is 9.59 Å². The molecule has 1 aliphatic heterocycles. The van der Waals surface area contributed by atoms with E-state index in [2.05, 4.69) is 19.2 Å². The molecule has 24 heavy (non-hydrogen) atoms. The first kappa shape index (κ1) is 18.1. The van der Waals surface area contributed by atoms with Crippen molar-refractivity contribution in [3.63, 3.8) is 0 Å². The predicted octanol–water partition coefficient (Wildman–Crippen LogP) is 2.48. The van der Waals surface area contributed by atoms with Gasteiger partial charge in [-0.3, -0.25) is 4.79 Å². The number of likely N-dealkylation sites (tertiary alicyclic amines) is 1. The molecule has 2 amide bonds. The fraction of sp³-hybridized carbons (Fsp3) is 0.556. The second-order valence-corrected chi connectivity index (χ2v) is 6.89. The van der Waals surface area contributed by atoms with Crippen LogP contribution in [0, 0.1) is 5.92 Å². The van der Waals surface area contributed by atoms with Crippen molar-refractivity contribution in [1.29, 1.82) is 0 Å². The number of aliphatic carboxylic acids is 1. The SMILES string of the molecule is COc1ccc(C(C)(C)CNC(=O)N2CCCC(C(=O)O)C2)cc1. The van der Waals surface area contributed by atoms with E-state index in [1.807, 2.05) is 24.3 Å². The fourth-order valence-corrected chi connectivity index (χ4v) is 2.92. The molecule has 1 aromatic rings. The van der Waals surface area contributed by atoms with Crippen molar-refractivity contribution in [3.05, 3.63) is 29.8 Å². The van der Waals surface area contributed by atoms with E-state index in [0.717, 1.165) is 17.7 Å². The molecule has 6 nitrogen and oxygen atoms in total. The van der Waals surface area contributed by atoms with Crippen LogP contribution in [0.25, 0.3) is 0 Å². The molecule has 0 spiro atoms. The number of urea groups is 1. The molecule has 0 aliphatic carbocycles. The van der Waals surface area contributed by atoms with Crippen LogP contribution in [-0.4, -0.2) is 48.8 Å². The summed E-state index contributed by atoms with van der Waals surface area (Å²) in [7, 11) is 1.63. The summed E-state index contributed by atoms with van der Waals surface area (Å²) in [5.74, 6) is -0.489. The lowest BCUT2D eigenvalue weighted by Crippen LogP contribution is -2.49. The van der Waals surface area contributed by atoms with Gasteiger partial charge in [-0.05, 0) is 30.5 Å². The minimum absolute atomic E-state index is 0.192. The largest absolute Gasteiger partial charge is 0.497 e. The topological polar surface area (TPSA) is 78.9 Å². The number of ether oxygens (including phenoxy) is 1. The summed E-state index contributed by atoms with van der Waals surface area (Å²) in [5, 5.41) is 12.1. The zero-order valence-corrected chi connectivity index (χ0v) is 14.5. The first-order chi connectivity index (χ1) is 11.3. The van der Waals surface area contributed by atoms with Gasteiger partial charge in [0, 0.05) is 25.0 Å². The highest BCUT2D eigenvalue weighted by Gasteiger charge is 2.29. The van der Waals surface area contributed by atoms with Crippen LogP contribution in [-0.2, 0) is 10.2 Å². The number of methoxy groups -OCH3 is 1. The third-order valence-electron chi connectivity index (χ3n) is 4.61. The van der Waals surface area contributed by atoms with E-state index in [1.54, 1.807) is 12.0 Å². The molecule has 1 atom stereocenters. The molecule has 1 aromatic carbocycles. The van der Waals surface area contributed by atoms with Crippen molar-refractivity contribution in [1.82, 2.24) is 10.2 Å². The number of carboxylic acids is 1. The molecule has 0 bridgehead atoms. The van der Waals surface area contributed by atoms with Gasteiger partial charge in [-0.2, -0.15) is 0 Å². The zero-order valence-electron chi connectivity index (χ0n) is 14.5. The van der Waals surface area contributed by atoms with Crippen molar-refractivity contribution in [2.24, 2.45) is 5.92 Å². The third kappa shape index (κ3) is 4.40. The van der Waals surface area contributed by atoms with Crippen molar-refractivity contribution >= 4 is 12.0 Å². The Morgan fingerprint density at radius 3 is 2.58 bits per heavy atom. The summed E-state index contributed by atoms with van der Waals surface area (Å²) in [4.78, 5) is 25.1. The molecule has 1 heterocycles. The molecular weight excluding hydrogens is 308 g/mol. The average molecular weight is 334 g/mol. The molecule has 1 saturated heterocycles. The van der Waals surface area contributed by atoms with Crippen molar-refractivity contribution < 1.29 is 19.4 Å². The molecule has 1 aliphatic rings. The molecule has 132 valence electrons. The Hall–Kier alpha value is -2.24. The first-order valence-corrected chi connectivity index (χ1v) is 8.23. The van der Waals surface area contributed by atoms with Gasteiger partial charge >= 0.3 is 12.0 Å². The van der Waals surface area contributed by atoms with Crippen LogP contribution in [0.3, 0.4) is 0 Å². The first-order valence-electron chi connectivity index (χ1n) is 8.23. The number of carboxylic acid groups (broad SMARTS) is 1. The quantitative estimate of drug-likeness (QED) is 0.867. The lowest BCUT2D eigenvalue weighted by Gasteiger charge is -2.32. The second kappa shape index (κ2) is 7.55. The summed E-state index contributed by atoms with van der Waals surface area (Å²) >= 11 is 0. The van der Waals surface area contributed by atoms with Crippen molar-refractivity contribution in [2.75, 3.05) is 26.7 Å². The van der Waals surface area contributed by atoms with E-state index >= 15 is 0 Å². The summed E-state index contributed by atoms with van der Waals surface area (Å²) in [6, 6.07) is 7.60. The molecule has 6 heteroatoms. The number of nitrogens with zero attached hydrogens (tertiary/aromatic N) is 1. The minimum Gasteiger partial charge on any atom is -0.497 e. The van der Waals surface area contributed by atoms with Gasteiger partial charge in [-0.15, -0.1) is 0 Å². The van der Waals surface area contributed by atoms with Gasteiger partial charge in [0.15, 0.2) is 0 Å². The van der Waals surface area contributed by atoms with Gasteiger partial charge in [-0.25, -0.2) is 4.79 Å². The van der Waals surface area contributed by atoms with Crippen molar-refractivity contribution in [2.45, 2.75) is 32.1 Å². The number of carbonyl (C=O) groups is 2. The zero-order chi connectivity index (χ0) is 17.7. The van der Waals surface area contributed by atoms with E-state index in [0.29, 0.717) is 19.5 Å². The van der Waals surface area contributed by atoms with Crippen LogP contribution in [0.5, 0.6) is 5.75 Å². The Bertz CT molecular complexity index is 583. The van der Waals surface area contributed by atoms with Crippen LogP contribution in [0.15, 0.2) is 24.3 Å². The highest BCUT2D eigenvalue weighted by Crippen LogP contribution is 2.25. The standard InChI is InChI=1S/C18H26N2O4/c1-18(2,14-6-8-15(24-3)9-7-14)12-19-17(23)20-10-4-5-13(11-20)16(21)22/h6-9,13H,4-5,10-12H2,1-3H3,(H,19,23)(H,21,22). The number of carbonyl (C=O) groups excluding carboxylic acids is 1. The Morgan fingerprint density at radius 1 is 1.33 bits per heavy atom. The maximum absolute atomic E-state index is 12.3. The molecule has 2 N–H and O–H groups in total. The molecule has 2 rings (SSSR count). The molecule has 0 saturated carbocycles. The Kier molecular flexibility index (Phi) is 5.70. The highest BCUT2D eigenvalue weighted by atomic mass is 16.5. The Morgan fingerprint density at radius 2 is 2.00 bits per heavy atom.